The van der Waals surface area contributed by atoms with E-state index in [2.05, 4.69) is 34.7 Å². The second-order valence-corrected chi connectivity index (χ2v) is 13.4. The minimum absolute atomic E-state index is 0.0604. The number of rotatable bonds is 11. The van der Waals surface area contributed by atoms with Gasteiger partial charge in [-0.3, -0.25) is 19.2 Å². The van der Waals surface area contributed by atoms with Crippen LogP contribution in [0.3, 0.4) is 0 Å². The van der Waals surface area contributed by atoms with Crippen molar-refractivity contribution in [1.82, 2.24) is 5.32 Å². The largest absolute Gasteiger partial charge is 0.321 e. The summed E-state index contributed by atoms with van der Waals surface area (Å²) in [7, 11) is 0. The third kappa shape index (κ3) is 8.92. The Labute approximate surface area is 300 Å². The van der Waals surface area contributed by atoms with Gasteiger partial charge in [-0.25, -0.2) is 4.90 Å². The van der Waals surface area contributed by atoms with Gasteiger partial charge in [0.2, 0.25) is 11.8 Å². The van der Waals surface area contributed by atoms with E-state index in [0.29, 0.717) is 28.5 Å². The number of nitrogens with one attached hydrogen (secondary N) is 2. The third-order valence-electron chi connectivity index (χ3n) is 8.08. The minimum Gasteiger partial charge on any atom is -0.321 e. The summed E-state index contributed by atoms with van der Waals surface area (Å²) in [4.78, 5) is 54.7. The van der Waals surface area contributed by atoms with Gasteiger partial charge in [-0.15, -0.1) is 11.8 Å². The van der Waals surface area contributed by atoms with Gasteiger partial charge >= 0.3 is 0 Å². The molecule has 0 aromatic heterocycles. The summed E-state index contributed by atoms with van der Waals surface area (Å²) < 4.78 is 0. The molecule has 1 aliphatic rings. The highest BCUT2D eigenvalue weighted by molar-refractivity contribution is 8.00. The fourth-order valence-electron chi connectivity index (χ4n) is 5.31. The first-order valence-corrected chi connectivity index (χ1v) is 17.3. The Kier molecular flexibility index (Phi) is 10.9. The Morgan fingerprint density at radius 2 is 1.37 bits per heavy atom. The molecule has 4 amide bonds. The normalized spacial score (nSPS) is 14.7. The van der Waals surface area contributed by atoms with Crippen molar-refractivity contribution in [3.05, 3.63) is 156 Å². The average Bonchev–Trinajstić information content (AvgIpc) is 3.43. The number of nitrogens with zero attached hydrogens (tertiary/aromatic N) is 3. The maximum atomic E-state index is 13.5. The number of imide groups is 1. The van der Waals surface area contributed by atoms with Gasteiger partial charge in [-0.2, -0.15) is 10.2 Å². The van der Waals surface area contributed by atoms with Gasteiger partial charge in [0, 0.05) is 22.6 Å². The lowest BCUT2D eigenvalue weighted by Gasteiger charge is -2.15. The van der Waals surface area contributed by atoms with Crippen molar-refractivity contribution in [2.45, 2.75) is 36.3 Å². The Hall–Kier alpha value is -6.13. The number of amides is 4. The SMILES string of the molecule is CC(C)c1ccc(C=C(NC(=O)c2ccccc2)C(=O)Nc2ccc(SC3CC(=O)N(c4ccc(N=Nc5ccccc5)cc4)C3=O)cc2)cc1. The number of hydrogen-bond donors (Lipinski definition) is 2. The molecule has 1 unspecified atom stereocenters. The summed E-state index contributed by atoms with van der Waals surface area (Å²) in [5.74, 6) is -1.12. The molecule has 10 heteroatoms. The maximum Gasteiger partial charge on any atom is 0.272 e. The zero-order valence-electron chi connectivity index (χ0n) is 28.0. The Bertz CT molecular complexity index is 2080. The molecule has 254 valence electrons. The van der Waals surface area contributed by atoms with Crippen molar-refractivity contribution in [3.63, 3.8) is 0 Å². The number of thioether (sulfide) groups is 1. The van der Waals surface area contributed by atoms with Gasteiger partial charge in [0.15, 0.2) is 0 Å². The molecule has 0 aliphatic carbocycles. The average molecular weight is 694 g/mol. The van der Waals surface area contributed by atoms with Crippen LogP contribution < -0.4 is 15.5 Å². The summed E-state index contributed by atoms with van der Waals surface area (Å²) in [6, 6.07) is 39.7. The van der Waals surface area contributed by atoms with Gasteiger partial charge in [0.05, 0.1) is 22.3 Å². The molecule has 1 aliphatic heterocycles. The van der Waals surface area contributed by atoms with Crippen LogP contribution in [-0.4, -0.2) is 28.9 Å². The summed E-state index contributed by atoms with van der Waals surface area (Å²) in [6.45, 7) is 4.21. The minimum atomic E-state index is -0.597. The second kappa shape index (κ2) is 16.1. The van der Waals surface area contributed by atoms with E-state index in [1.54, 1.807) is 78.9 Å². The molecule has 0 radical (unpaired) electrons. The van der Waals surface area contributed by atoms with Crippen LogP contribution in [0.1, 0.15) is 47.7 Å². The van der Waals surface area contributed by atoms with Gasteiger partial charge in [-0.05, 0) is 95.9 Å². The second-order valence-electron chi connectivity index (χ2n) is 12.1. The topological polar surface area (TPSA) is 120 Å². The van der Waals surface area contributed by atoms with E-state index in [0.717, 1.165) is 21.7 Å². The lowest BCUT2D eigenvalue weighted by Crippen LogP contribution is -2.31. The Morgan fingerprint density at radius 3 is 2.00 bits per heavy atom. The van der Waals surface area contributed by atoms with Crippen LogP contribution in [0.2, 0.25) is 0 Å². The van der Waals surface area contributed by atoms with Crippen LogP contribution in [0.25, 0.3) is 6.08 Å². The first kappa shape index (κ1) is 34.7. The summed E-state index contributed by atoms with van der Waals surface area (Å²) in [6.07, 6.45) is 1.70. The van der Waals surface area contributed by atoms with E-state index >= 15 is 0 Å². The van der Waals surface area contributed by atoms with Crippen LogP contribution in [0, 0.1) is 0 Å². The number of benzene rings is 5. The number of azo groups is 1. The number of hydrogen-bond acceptors (Lipinski definition) is 7. The number of carbonyl (C=O) groups excluding carboxylic acids is 4. The van der Waals surface area contributed by atoms with Gasteiger partial charge in [-0.1, -0.05) is 74.5 Å². The van der Waals surface area contributed by atoms with Crippen molar-refractivity contribution in [2.75, 3.05) is 10.2 Å². The van der Waals surface area contributed by atoms with Crippen LogP contribution >= 0.6 is 11.8 Å². The zero-order chi connectivity index (χ0) is 35.7. The number of anilines is 2. The molecule has 1 heterocycles. The third-order valence-corrected chi connectivity index (χ3v) is 9.28. The Morgan fingerprint density at radius 1 is 0.765 bits per heavy atom. The van der Waals surface area contributed by atoms with E-state index in [1.807, 2.05) is 60.7 Å². The van der Waals surface area contributed by atoms with E-state index in [-0.39, 0.29) is 23.9 Å². The molecule has 2 N–H and O–H groups in total. The first-order chi connectivity index (χ1) is 24.7. The van der Waals surface area contributed by atoms with Crippen molar-refractivity contribution >= 4 is 64.2 Å². The highest BCUT2D eigenvalue weighted by Gasteiger charge is 2.40. The van der Waals surface area contributed by atoms with Gasteiger partial charge in [0.25, 0.3) is 11.8 Å². The summed E-state index contributed by atoms with van der Waals surface area (Å²) >= 11 is 1.29. The molecule has 1 saturated heterocycles. The first-order valence-electron chi connectivity index (χ1n) is 16.4. The molecule has 0 spiro atoms. The molecule has 0 bridgehead atoms. The molecule has 51 heavy (non-hydrogen) atoms. The van der Waals surface area contributed by atoms with Gasteiger partial charge < -0.3 is 10.6 Å². The van der Waals surface area contributed by atoms with Crippen LogP contribution in [0.5, 0.6) is 0 Å². The van der Waals surface area contributed by atoms with E-state index in [4.69, 9.17) is 0 Å². The van der Waals surface area contributed by atoms with Gasteiger partial charge in [0.1, 0.15) is 5.70 Å². The highest BCUT2D eigenvalue weighted by atomic mass is 32.2. The van der Waals surface area contributed by atoms with Crippen LogP contribution in [0.4, 0.5) is 22.7 Å². The van der Waals surface area contributed by atoms with E-state index in [1.165, 1.54) is 16.7 Å². The van der Waals surface area contributed by atoms with Crippen molar-refractivity contribution < 1.29 is 19.2 Å². The lowest BCUT2D eigenvalue weighted by molar-refractivity contribution is -0.121. The molecular weight excluding hydrogens is 659 g/mol. The summed E-state index contributed by atoms with van der Waals surface area (Å²) in [5, 5.41) is 13.5. The molecule has 5 aromatic carbocycles. The van der Waals surface area contributed by atoms with Crippen molar-refractivity contribution in [1.29, 1.82) is 0 Å². The Balaban J connectivity index is 1.10. The fourth-order valence-corrected chi connectivity index (χ4v) is 6.37. The lowest BCUT2D eigenvalue weighted by atomic mass is 10.0. The molecule has 6 rings (SSSR count). The van der Waals surface area contributed by atoms with E-state index in [9.17, 15) is 19.2 Å². The molecular formula is C41H35N5O4S. The smallest absolute Gasteiger partial charge is 0.272 e. The van der Waals surface area contributed by atoms with Crippen molar-refractivity contribution in [2.24, 2.45) is 10.2 Å². The standard InChI is InChI=1S/C41H35N5O4S/c1-27(2)29-15-13-28(14-16-29)25-36(43-39(48)30-9-5-3-6-10-30)40(49)42-31-19-23-35(24-20-31)51-37-26-38(47)46(41(37)50)34-21-17-33(18-22-34)45-44-32-11-7-4-8-12-32/h3-25,27,37H,26H2,1-2H3,(H,42,49)(H,43,48). The fraction of sp³-hybridized carbons (Fsp3) is 0.122. The highest BCUT2D eigenvalue weighted by Crippen LogP contribution is 2.35. The molecule has 9 nitrogen and oxygen atoms in total. The summed E-state index contributed by atoms with van der Waals surface area (Å²) in [5.41, 5.74) is 4.73. The predicted octanol–water partition coefficient (Wildman–Crippen LogP) is 9.06. The maximum absolute atomic E-state index is 13.5. The van der Waals surface area contributed by atoms with E-state index < -0.39 is 17.1 Å². The molecule has 1 fully saturated rings. The van der Waals surface area contributed by atoms with Crippen molar-refractivity contribution in [3.8, 4) is 0 Å². The molecule has 0 saturated carbocycles. The molecule has 5 aromatic rings. The predicted molar refractivity (Wildman–Crippen MR) is 201 cm³/mol. The monoisotopic (exact) mass is 693 g/mol. The quantitative estimate of drug-likeness (QED) is 0.0813. The number of carbonyl (C=O) groups is 4. The molecule has 1 atom stereocenters. The van der Waals surface area contributed by atoms with Crippen LogP contribution in [-0.2, 0) is 14.4 Å². The van der Waals surface area contributed by atoms with Crippen LogP contribution in [0.15, 0.2) is 154 Å². The zero-order valence-corrected chi connectivity index (χ0v) is 28.8.